The molecule has 1 amide bonds. The minimum absolute atomic E-state index is 0.242. The molecule has 0 aromatic heterocycles. The van der Waals surface area contributed by atoms with E-state index >= 15 is 0 Å². The molecule has 8 heteroatoms. The number of ether oxygens (including phenoxy) is 2. The van der Waals surface area contributed by atoms with Gasteiger partial charge in [0.15, 0.2) is 17.6 Å². The molecule has 22 heavy (non-hydrogen) atoms. The highest BCUT2D eigenvalue weighted by atomic mass is 32.2. The molecule has 1 aliphatic heterocycles. The molecule has 1 fully saturated rings. The van der Waals surface area contributed by atoms with Gasteiger partial charge in [0.05, 0.1) is 12.0 Å². The molecule has 6 nitrogen and oxygen atoms in total. The molecule has 1 atom stereocenters. The van der Waals surface area contributed by atoms with Crippen LogP contribution >= 0.6 is 24.0 Å². The lowest BCUT2D eigenvalue weighted by Gasteiger charge is -2.14. The highest BCUT2D eigenvalue weighted by Gasteiger charge is 2.22. The second-order valence-electron chi connectivity index (χ2n) is 4.36. The smallest absolute Gasteiger partial charge is 0.344 e. The fraction of sp³-hybridized carbons (Fsp3) is 0.214. The van der Waals surface area contributed by atoms with E-state index in [-0.39, 0.29) is 5.91 Å². The fourth-order valence-electron chi connectivity index (χ4n) is 1.68. The van der Waals surface area contributed by atoms with E-state index in [0.717, 1.165) is 5.56 Å². The molecule has 1 aromatic carbocycles. The van der Waals surface area contributed by atoms with E-state index in [2.05, 4.69) is 5.32 Å². The fourth-order valence-corrected chi connectivity index (χ4v) is 2.73. The molecule has 0 bridgehead atoms. The maximum Gasteiger partial charge on any atom is 0.344 e. The third kappa shape index (κ3) is 3.77. The molecular formula is C14H13NO5S2. The van der Waals surface area contributed by atoms with Gasteiger partial charge in [-0.1, -0.05) is 30.0 Å². The Balaban J connectivity index is 2.26. The number of carboxylic acids is 1. The Morgan fingerprint density at radius 1 is 1.45 bits per heavy atom. The number of aliphatic carboxylic acids is 1. The summed E-state index contributed by atoms with van der Waals surface area (Å²) in [6, 6.07) is 4.96. The largest absolute Gasteiger partial charge is 0.493 e. The Morgan fingerprint density at radius 2 is 2.18 bits per heavy atom. The molecule has 0 saturated carbocycles. The summed E-state index contributed by atoms with van der Waals surface area (Å²) >= 11 is 6.10. The van der Waals surface area contributed by atoms with Gasteiger partial charge in [-0.15, -0.1) is 0 Å². The first-order chi connectivity index (χ1) is 10.4. The second kappa shape index (κ2) is 6.80. The predicted octanol–water partition coefficient (Wildman–Crippen LogP) is 2.04. The Labute approximate surface area is 136 Å². The maximum atomic E-state index is 11.6. The number of carboxylic acid groups (broad SMARTS) is 1. The third-order valence-electron chi connectivity index (χ3n) is 2.78. The average Bonchev–Trinajstić information content (AvgIpc) is 2.78. The van der Waals surface area contributed by atoms with Crippen LogP contribution in [0.2, 0.25) is 0 Å². The molecular weight excluding hydrogens is 326 g/mol. The van der Waals surface area contributed by atoms with Crippen molar-refractivity contribution < 1.29 is 24.2 Å². The van der Waals surface area contributed by atoms with Crippen LogP contribution < -0.4 is 14.8 Å². The summed E-state index contributed by atoms with van der Waals surface area (Å²) in [5.74, 6) is -0.610. The van der Waals surface area contributed by atoms with Crippen LogP contribution in [0, 0.1) is 0 Å². The van der Waals surface area contributed by atoms with Gasteiger partial charge in [-0.25, -0.2) is 4.79 Å². The lowest BCUT2D eigenvalue weighted by atomic mass is 10.2. The minimum Gasteiger partial charge on any atom is -0.493 e. The van der Waals surface area contributed by atoms with E-state index in [1.807, 2.05) is 0 Å². The standard InChI is InChI=1S/C14H13NO5S2/c1-7(13(17)18)20-9-4-3-8(5-10(9)19-2)6-11-12(16)15-14(21)22-11/h3-7H,1-2H3,(H,17,18)(H,15,16,21)/b11-6+/t7-/m1/s1. The van der Waals surface area contributed by atoms with Crippen molar-refractivity contribution in [2.45, 2.75) is 13.0 Å². The Hall–Kier alpha value is -2.06. The van der Waals surface area contributed by atoms with Crippen molar-refractivity contribution in [1.82, 2.24) is 5.32 Å². The lowest BCUT2D eigenvalue weighted by molar-refractivity contribution is -0.144. The zero-order valence-electron chi connectivity index (χ0n) is 11.8. The van der Waals surface area contributed by atoms with Crippen LogP contribution in [0.3, 0.4) is 0 Å². The van der Waals surface area contributed by atoms with Crippen LogP contribution in [-0.2, 0) is 9.59 Å². The van der Waals surface area contributed by atoms with Gasteiger partial charge in [0.1, 0.15) is 4.32 Å². The van der Waals surface area contributed by atoms with Gasteiger partial charge in [0.2, 0.25) is 0 Å². The van der Waals surface area contributed by atoms with E-state index in [9.17, 15) is 9.59 Å². The van der Waals surface area contributed by atoms with Gasteiger partial charge in [-0.3, -0.25) is 4.79 Å². The van der Waals surface area contributed by atoms with Crippen LogP contribution in [0.4, 0.5) is 0 Å². The molecule has 2 rings (SSSR count). The number of nitrogens with one attached hydrogen (secondary N) is 1. The Kier molecular flexibility index (Phi) is 5.04. The number of amides is 1. The van der Waals surface area contributed by atoms with Gasteiger partial charge >= 0.3 is 5.97 Å². The van der Waals surface area contributed by atoms with E-state index in [4.69, 9.17) is 26.8 Å². The molecule has 2 N–H and O–H groups in total. The molecule has 0 unspecified atom stereocenters. The van der Waals surface area contributed by atoms with Crippen molar-refractivity contribution in [3.8, 4) is 11.5 Å². The zero-order chi connectivity index (χ0) is 16.3. The number of benzene rings is 1. The molecule has 0 aliphatic carbocycles. The van der Waals surface area contributed by atoms with E-state index in [1.54, 1.807) is 24.3 Å². The van der Waals surface area contributed by atoms with Gasteiger partial charge < -0.3 is 19.9 Å². The van der Waals surface area contributed by atoms with Crippen LogP contribution in [0.25, 0.3) is 6.08 Å². The van der Waals surface area contributed by atoms with Crippen LogP contribution in [-0.4, -0.2) is 34.5 Å². The third-order valence-corrected chi connectivity index (χ3v) is 3.94. The number of methoxy groups -OCH3 is 1. The zero-order valence-corrected chi connectivity index (χ0v) is 13.4. The summed E-state index contributed by atoms with van der Waals surface area (Å²) in [4.78, 5) is 22.9. The molecule has 1 saturated heterocycles. The van der Waals surface area contributed by atoms with Crippen molar-refractivity contribution in [2.24, 2.45) is 0 Å². The molecule has 1 aromatic rings. The van der Waals surface area contributed by atoms with Crippen LogP contribution in [0.1, 0.15) is 12.5 Å². The number of hydrogen-bond acceptors (Lipinski definition) is 6. The summed E-state index contributed by atoms with van der Waals surface area (Å²) in [5, 5.41) is 11.4. The van der Waals surface area contributed by atoms with Gasteiger partial charge in [-0.05, 0) is 30.7 Å². The quantitative estimate of drug-likeness (QED) is 0.627. The van der Waals surface area contributed by atoms with E-state index in [1.165, 1.54) is 25.8 Å². The number of carbonyl (C=O) groups excluding carboxylic acids is 1. The van der Waals surface area contributed by atoms with Crippen molar-refractivity contribution in [3.63, 3.8) is 0 Å². The predicted molar refractivity (Wildman–Crippen MR) is 87.0 cm³/mol. The number of thioether (sulfide) groups is 1. The first-order valence-electron chi connectivity index (χ1n) is 6.23. The number of rotatable bonds is 5. The molecule has 1 aliphatic rings. The normalized spacial score (nSPS) is 17.3. The highest BCUT2D eigenvalue weighted by Crippen LogP contribution is 2.32. The maximum absolute atomic E-state index is 11.6. The van der Waals surface area contributed by atoms with E-state index in [0.29, 0.717) is 20.7 Å². The van der Waals surface area contributed by atoms with Crippen molar-refractivity contribution in [1.29, 1.82) is 0 Å². The van der Waals surface area contributed by atoms with Crippen molar-refractivity contribution in [3.05, 3.63) is 28.7 Å². The minimum atomic E-state index is -1.07. The number of hydrogen-bond donors (Lipinski definition) is 2. The molecule has 0 radical (unpaired) electrons. The number of thiocarbonyl (C=S) groups is 1. The first kappa shape index (κ1) is 16.3. The lowest BCUT2D eigenvalue weighted by Crippen LogP contribution is -2.23. The summed E-state index contributed by atoms with van der Waals surface area (Å²) < 4.78 is 10.9. The summed E-state index contributed by atoms with van der Waals surface area (Å²) in [5.41, 5.74) is 0.717. The topological polar surface area (TPSA) is 84.9 Å². The molecule has 116 valence electrons. The second-order valence-corrected chi connectivity index (χ2v) is 6.08. The van der Waals surface area contributed by atoms with Gasteiger partial charge in [0.25, 0.3) is 5.91 Å². The van der Waals surface area contributed by atoms with Gasteiger partial charge in [0, 0.05) is 0 Å². The van der Waals surface area contributed by atoms with Gasteiger partial charge in [-0.2, -0.15) is 0 Å². The summed E-state index contributed by atoms with van der Waals surface area (Å²) in [6.07, 6.45) is 0.679. The monoisotopic (exact) mass is 339 g/mol. The van der Waals surface area contributed by atoms with E-state index < -0.39 is 12.1 Å². The average molecular weight is 339 g/mol. The molecule has 1 heterocycles. The van der Waals surface area contributed by atoms with Crippen LogP contribution in [0.5, 0.6) is 11.5 Å². The van der Waals surface area contributed by atoms with Crippen LogP contribution in [0.15, 0.2) is 23.1 Å². The Morgan fingerprint density at radius 3 is 2.73 bits per heavy atom. The first-order valence-corrected chi connectivity index (χ1v) is 7.45. The highest BCUT2D eigenvalue weighted by molar-refractivity contribution is 8.26. The van der Waals surface area contributed by atoms with Crippen molar-refractivity contribution in [2.75, 3.05) is 7.11 Å². The molecule has 0 spiro atoms. The summed E-state index contributed by atoms with van der Waals surface area (Å²) in [7, 11) is 1.46. The van der Waals surface area contributed by atoms with Crippen molar-refractivity contribution >= 4 is 46.3 Å². The Bertz CT molecular complexity index is 671. The number of carbonyl (C=O) groups is 2. The SMILES string of the molecule is COc1cc(/C=C2/SC(=S)NC2=O)ccc1O[C@H](C)C(=O)O. The summed E-state index contributed by atoms with van der Waals surface area (Å²) in [6.45, 7) is 1.43.